The van der Waals surface area contributed by atoms with Crippen molar-refractivity contribution in [1.82, 2.24) is 10.2 Å². The quantitative estimate of drug-likeness (QED) is 0.387. The van der Waals surface area contributed by atoms with Crippen LogP contribution in [0.4, 0.5) is 11.5 Å². The monoisotopic (exact) mass is 504 g/mol. The molecule has 2 aromatic carbocycles. The number of hydrogen-bond acceptors (Lipinski definition) is 5. The molecule has 0 aliphatic carbocycles. The fraction of sp³-hybridized carbons (Fsp3) is 0.292. The van der Waals surface area contributed by atoms with Gasteiger partial charge in [-0.25, -0.2) is 0 Å². The zero-order valence-corrected chi connectivity index (χ0v) is 20.1. The molecule has 2 heterocycles. The number of halogens is 3. The standard InChI is InChI=1S/C24H23Cl3N4O2/c25-18-13-20(27)22(14-19(18)26)33-15-24(32)28-17-7-5-16(6-8-17)21-9-10-23(30-29-21)31-11-3-1-2-4-12-31/h5-10,13-14H,1-4,11-12,15H2,(H,28,32). The fourth-order valence-electron chi connectivity index (χ4n) is 3.63. The van der Waals surface area contributed by atoms with Crippen molar-refractivity contribution in [1.29, 1.82) is 0 Å². The van der Waals surface area contributed by atoms with Gasteiger partial charge in [0.25, 0.3) is 5.91 Å². The van der Waals surface area contributed by atoms with Crippen LogP contribution in [0.3, 0.4) is 0 Å². The van der Waals surface area contributed by atoms with Gasteiger partial charge in [0, 0.05) is 30.4 Å². The zero-order valence-electron chi connectivity index (χ0n) is 17.9. The first-order chi connectivity index (χ1) is 16.0. The molecule has 1 saturated heterocycles. The van der Waals surface area contributed by atoms with E-state index in [1.54, 1.807) is 0 Å². The molecule has 0 spiro atoms. The van der Waals surface area contributed by atoms with Gasteiger partial charge in [-0.2, -0.15) is 0 Å². The topological polar surface area (TPSA) is 67.3 Å². The molecule has 0 saturated carbocycles. The fourth-order valence-corrected chi connectivity index (χ4v) is 4.22. The molecule has 0 bridgehead atoms. The Bertz CT molecular complexity index is 1100. The largest absolute Gasteiger partial charge is 0.482 e. The highest BCUT2D eigenvalue weighted by atomic mass is 35.5. The van der Waals surface area contributed by atoms with E-state index in [1.807, 2.05) is 36.4 Å². The summed E-state index contributed by atoms with van der Waals surface area (Å²) in [7, 11) is 0. The molecule has 0 atom stereocenters. The van der Waals surface area contributed by atoms with Crippen LogP contribution in [0.1, 0.15) is 25.7 Å². The molecule has 33 heavy (non-hydrogen) atoms. The number of nitrogens with zero attached hydrogens (tertiary/aromatic N) is 3. The van der Waals surface area contributed by atoms with Gasteiger partial charge in [0.1, 0.15) is 5.75 Å². The van der Waals surface area contributed by atoms with Crippen LogP contribution < -0.4 is 15.0 Å². The molecule has 1 fully saturated rings. The van der Waals surface area contributed by atoms with E-state index in [-0.39, 0.29) is 17.5 Å². The summed E-state index contributed by atoms with van der Waals surface area (Å²) in [5, 5.41) is 12.5. The summed E-state index contributed by atoms with van der Waals surface area (Å²) in [5.41, 5.74) is 2.34. The minimum Gasteiger partial charge on any atom is -0.482 e. The van der Waals surface area contributed by atoms with Crippen LogP contribution in [0.25, 0.3) is 11.3 Å². The maximum atomic E-state index is 12.3. The molecule has 6 nitrogen and oxygen atoms in total. The van der Waals surface area contributed by atoms with Crippen LogP contribution in [0, 0.1) is 0 Å². The predicted molar refractivity (Wildman–Crippen MR) is 134 cm³/mol. The number of carbonyl (C=O) groups excluding carboxylic acids is 1. The summed E-state index contributed by atoms with van der Waals surface area (Å²) >= 11 is 17.9. The first kappa shape index (κ1) is 23.6. The molecule has 4 rings (SSSR count). The second kappa shape index (κ2) is 11.1. The lowest BCUT2D eigenvalue weighted by Gasteiger charge is -2.20. The third-order valence-electron chi connectivity index (χ3n) is 5.38. The van der Waals surface area contributed by atoms with Crippen LogP contribution in [-0.4, -0.2) is 35.8 Å². The first-order valence-corrected chi connectivity index (χ1v) is 11.9. The molecule has 9 heteroatoms. The molecule has 3 aromatic rings. The third-order valence-corrected chi connectivity index (χ3v) is 6.40. The number of carbonyl (C=O) groups is 1. The van der Waals surface area contributed by atoms with E-state index in [0.717, 1.165) is 30.2 Å². The number of aromatic nitrogens is 2. The van der Waals surface area contributed by atoms with E-state index < -0.39 is 0 Å². The average Bonchev–Trinajstić information content (AvgIpc) is 3.11. The van der Waals surface area contributed by atoms with Gasteiger partial charge < -0.3 is 15.0 Å². The molecule has 0 unspecified atom stereocenters. The van der Waals surface area contributed by atoms with Crippen molar-refractivity contribution in [2.24, 2.45) is 0 Å². The SMILES string of the molecule is O=C(COc1cc(Cl)c(Cl)cc1Cl)Nc1ccc(-c2ccc(N3CCCCCC3)nn2)cc1. The Kier molecular flexibility index (Phi) is 7.91. The van der Waals surface area contributed by atoms with Crippen molar-refractivity contribution < 1.29 is 9.53 Å². The highest BCUT2D eigenvalue weighted by Gasteiger charge is 2.13. The number of rotatable bonds is 6. The van der Waals surface area contributed by atoms with Crippen molar-refractivity contribution in [2.45, 2.75) is 25.7 Å². The van der Waals surface area contributed by atoms with Crippen LogP contribution in [-0.2, 0) is 4.79 Å². The number of hydrogen-bond donors (Lipinski definition) is 1. The Morgan fingerprint density at radius 3 is 2.24 bits per heavy atom. The number of ether oxygens (including phenoxy) is 1. The third kappa shape index (κ3) is 6.28. The summed E-state index contributed by atoms with van der Waals surface area (Å²) in [5.74, 6) is 0.886. The molecular formula is C24H23Cl3N4O2. The van der Waals surface area contributed by atoms with Gasteiger partial charge in [-0.3, -0.25) is 4.79 Å². The Morgan fingerprint density at radius 2 is 1.58 bits per heavy atom. The molecule has 0 radical (unpaired) electrons. The summed E-state index contributed by atoms with van der Waals surface area (Å²) in [6.07, 6.45) is 4.95. The second-order valence-corrected chi connectivity index (χ2v) is 9.01. The summed E-state index contributed by atoms with van der Waals surface area (Å²) in [6.45, 7) is 1.84. The van der Waals surface area contributed by atoms with Crippen LogP contribution >= 0.6 is 34.8 Å². The molecule has 172 valence electrons. The van der Waals surface area contributed by atoms with Crippen molar-refractivity contribution in [2.75, 3.05) is 29.9 Å². The predicted octanol–water partition coefficient (Wildman–Crippen LogP) is 6.50. The van der Waals surface area contributed by atoms with Gasteiger partial charge in [0.05, 0.1) is 20.8 Å². The van der Waals surface area contributed by atoms with Crippen molar-refractivity contribution in [3.8, 4) is 17.0 Å². The van der Waals surface area contributed by atoms with Crippen LogP contribution in [0.2, 0.25) is 15.1 Å². The Hall–Kier alpha value is -2.54. The summed E-state index contributed by atoms with van der Waals surface area (Å²) in [6, 6.07) is 14.4. The molecule has 1 amide bonds. The van der Waals surface area contributed by atoms with Gasteiger partial charge in [-0.1, -0.05) is 59.8 Å². The van der Waals surface area contributed by atoms with Crippen molar-refractivity contribution in [3.05, 3.63) is 63.6 Å². The Morgan fingerprint density at radius 1 is 0.879 bits per heavy atom. The summed E-state index contributed by atoms with van der Waals surface area (Å²) < 4.78 is 5.46. The lowest BCUT2D eigenvalue weighted by atomic mass is 10.1. The number of amides is 1. The van der Waals surface area contributed by atoms with Crippen LogP contribution in [0.5, 0.6) is 5.75 Å². The van der Waals surface area contributed by atoms with E-state index in [2.05, 4.69) is 20.4 Å². The minimum atomic E-state index is -0.327. The molecule has 1 aromatic heterocycles. The lowest BCUT2D eigenvalue weighted by Crippen LogP contribution is -2.25. The maximum Gasteiger partial charge on any atom is 0.262 e. The number of nitrogens with one attached hydrogen (secondary N) is 1. The van der Waals surface area contributed by atoms with Gasteiger partial charge in [-0.15, -0.1) is 10.2 Å². The van der Waals surface area contributed by atoms with Crippen molar-refractivity contribution >= 4 is 52.2 Å². The molecule has 1 aliphatic rings. The van der Waals surface area contributed by atoms with E-state index >= 15 is 0 Å². The van der Waals surface area contributed by atoms with E-state index in [4.69, 9.17) is 39.5 Å². The maximum absolute atomic E-state index is 12.3. The normalized spacial score (nSPS) is 14.0. The van der Waals surface area contributed by atoms with Gasteiger partial charge >= 0.3 is 0 Å². The highest BCUT2D eigenvalue weighted by Crippen LogP contribution is 2.33. The lowest BCUT2D eigenvalue weighted by molar-refractivity contribution is -0.118. The summed E-state index contributed by atoms with van der Waals surface area (Å²) in [4.78, 5) is 14.6. The van der Waals surface area contributed by atoms with Gasteiger partial charge in [-0.05, 0) is 43.2 Å². The van der Waals surface area contributed by atoms with E-state index in [0.29, 0.717) is 21.5 Å². The molecule has 1 aliphatic heterocycles. The van der Waals surface area contributed by atoms with Gasteiger partial charge in [0.2, 0.25) is 0 Å². The second-order valence-electron chi connectivity index (χ2n) is 7.79. The number of benzene rings is 2. The smallest absolute Gasteiger partial charge is 0.262 e. The van der Waals surface area contributed by atoms with E-state index in [1.165, 1.54) is 37.8 Å². The molecule has 1 N–H and O–H groups in total. The Balaban J connectivity index is 1.33. The van der Waals surface area contributed by atoms with E-state index in [9.17, 15) is 4.79 Å². The van der Waals surface area contributed by atoms with Crippen molar-refractivity contribution in [3.63, 3.8) is 0 Å². The average molecular weight is 506 g/mol. The van der Waals surface area contributed by atoms with Gasteiger partial charge in [0.15, 0.2) is 12.4 Å². The highest BCUT2D eigenvalue weighted by molar-refractivity contribution is 6.43. The van der Waals surface area contributed by atoms with Crippen LogP contribution in [0.15, 0.2) is 48.5 Å². The number of anilines is 2. The molecular weight excluding hydrogens is 483 g/mol. The Labute approximate surface area is 207 Å². The first-order valence-electron chi connectivity index (χ1n) is 10.8. The minimum absolute atomic E-state index is 0.219. The zero-order chi connectivity index (χ0) is 23.2.